The number of benzene rings is 2. The van der Waals surface area contributed by atoms with Gasteiger partial charge >= 0.3 is 0 Å². The summed E-state index contributed by atoms with van der Waals surface area (Å²) in [4.78, 5) is 11.8. The van der Waals surface area contributed by atoms with Gasteiger partial charge in [-0.25, -0.2) is 8.78 Å². The molecule has 0 atom stereocenters. The third-order valence-electron chi connectivity index (χ3n) is 3.29. The molecule has 0 radical (unpaired) electrons. The fraction of sp³-hybridized carbons (Fsp3) is 0.278. The van der Waals surface area contributed by atoms with Crippen molar-refractivity contribution in [3.63, 3.8) is 0 Å². The van der Waals surface area contributed by atoms with E-state index in [9.17, 15) is 13.6 Å². The van der Waals surface area contributed by atoms with Crippen LogP contribution in [-0.4, -0.2) is 12.5 Å². The number of anilines is 1. The fourth-order valence-corrected chi connectivity index (χ4v) is 1.97. The second-order valence-electron chi connectivity index (χ2n) is 6.24. The van der Waals surface area contributed by atoms with Crippen LogP contribution in [0.1, 0.15) is 26.3 Å². The Morgan fingerprint density at radius 2 is 1.70 bits per heavy atom. The van der Waals surface area contributed by atoms with E-state index in [0.29, 0.717) is 5.75 Å². The first-order valence-corrected chi connectivity index (χ1v) is 7.24. The number of ether oxygens (including phenoxy) is 1. The maximum atomic E-state index is 13.1. The Kier molecular flexibility index (Phi) is 4.98. The molecular formula is C18H19F2NO2. The SMILES string of the molecule is CC(C)(C)c1ccc(OCC(=O)Nc2ccc(F)c(F)c2)cc1. The minimum Gasteiger partial charge on any atom is -0.484 e. The van der Waals surface area contributed by atoms with Gasteiger partial charge in [0.25, 0.3) is 5.91 Å². The molecule has 0 heterocycles. The van der Waals surface area contributed by atoms with E-state index < -0.39 is 17.5 Å². The summed E-state index contributed by atoms with van der Waals surface area (Å²) in [6.07, 6.45) is 0. The van der Waals surface area contributed by atoms with Crippen molar-refractivity contribution >= 4 is 11.6 Å². The Morgan fingerprint density at radius 3 is 2.26 bits per heavy atom. The summed E-state index contributed by atoms with van der Waals surface area (Å²) in [6.45, 7) is 6.11. The second kappa shape index (κ2) is 6.77. The van der Waals surface area contributed by atoms with Gasteiger partial charge in [-0.1, -0.05) is 32.9 Å². The highest BCUT2D eigenvalue weighted by Crippen LogP contribution is 2.24. The summed E-state index contributed by atoms with van der Waals surface area (Å²) in [6, 6.07) is 10.7. The predicted molar refractivity (Wildman–Crippen MR) is 85.6 cm³/mol. The first kappa shape index (κ1) is 16.9. The van der Waals surface area contributed by atoms with Crippen LogP contribution in [0.2, 0.25) is 0 Å². The average Bonchev–Trinajstić information content (AvgIpc) is 2.48. The van der Waals surface area contributed by atoms with E-state index in [1.54, 1.807) is 12.1 Å². The van der Waals surface area contributed by atoms with Gasteiger partial charge in [-0.2, -0.15) is 0 Å². The third kappa shape index (κ3) is 4.77. The van der Waals surface area contributed by atoms with Crippen LogP contribution in [0.3, 0.4) is 0 Å². The van der Waals surface area contributed by atoms with Gasteiger partial charge in [0.05, 0.1) is 0 Å². The molecule has 0 aromatic heterocycles. The van der Waals surface area contributed by atoms with Crippen molar-refractivity contribution in [2.75, 3.05) is 11.9 Å². The Morgan fingerprint density at radius 1 is 1.04 bits per heavy atom. The monoisotopic (exact) mass is 319 g/mol. The molecule has 3 nitrogen and oxygen atoms in total. The van der Waals surface area contributed by atoms with Gasteiger partial charge in [-0.15, -0.1) is 0 Å². The Labute approximate surface area is 134 Å². The zero-order valence-electron chi connectivity index (χ0n) is 13.3. The highest BCUT2D eigenvalue weighted by atomic mass is 19.2. The molecule has 2 aromatic rings. The van der Waals surface area contributed by atoms with Crippen molar-refractivity contribution in [3.8, 4) is 5.75 Å². The minimum atomic E-state index is -1.01. The van der Waals surface area contributed by atoms with Crippen LogP contribution in [0.4, 0.5) is 14.5 Å². The summed E-state index contributed by atoms with van der Waals surface area (Å²) in [5, 5.41) is 2.45. The number of carbonyl (C=O) groups excluding carboxylic acids is 1. The van der Waals surface area contributed by atoms with Crippen LogP contribution >= 0.6 is 0 Å². The van der Waals surface area contributed by atoms with Gasteiger partial charge in [0.1, 0.15) is 5.75 Å². The molecule has 23 heavy (non-hydrogen) atoms. The van der Waals surface area contributed by atoms with Gasteiger partial charge in [-0.05, 0) is 35.2 Å². The van der Waals surface area contributed by atoms with Crippen molar-refractivity contribution < 1.29 is 18.3 Å². The molecule has 0 unspecified atom stereocenters. The standard InChI is InChI=1S/C18H19F2NO2/c1-18(2,3)12-4-7-14(8-5-12)23-11-17(22)21-13-6-9-15(19)16(20)10-13/h4-10H,11H2,1-3H3,(H,21,22). The minimum absolute atomic E-state index is 0.0442. The zero-order valence-corrected chi connectivity index (χ0v) is 13.3. The number of nitrogens with one attached hydrogen (secondary N) is 1. The summed E-state index contributed by atoms with van der Waals surface area (Å²) < 4.78 is 31.2. The van der Waals surface area contributed by atoms with Gasteiger partial charge in [0.2, 0.25) is 0 Å². The Bertz CT molecular complexity index is 691. The van der Waals surface area contributed by atoms with Crippen molar-refractivity contribution in [2.24, 2.45) is 0 Å². The molecule has 122 valence electrons. The molecule has 0 aliphatic rings. The van der Waals surface area contributed by atoms with Crippen LogP contribution in [-0.2, 0) is 10.2 Å². The van der Waals surface area contributed by atoms with Gasteiger partial charge in [0, 0.05) is 11.8 Å². The van der Waals surface area contributed by atoms with Crippen LogP contribution in [0.5, 0.6) is 5.75 Å². The average molecular weight is 319 g/mol. The van der Waals surface area contributed by atoms with Crippen molar-refractivity contribution in [1.29, 1.82) is 0 Å². The second-order valence-corrected chi connectivity index (χ2v) is 6.24. The van der Waals surface area contributed by atoms with Gasteiger partial charge < -0.3 is 10.1 Å². The lowest BCUT2D eigenvalue weighted by atomic mass is 9.87. The van der Waals surface area contributed by atoms with E-state index in [0.717, 1.165) is 17.7 Å². The molecule has 1 N–H and O–H groups in total. The largest absolute Gasteiger partial charge is 0.484 e. The summed E-state index contributed by atoms with van der Waals surface area (Å²) in [5.74, 6) is -1.85. The molecule has 0 saturated carbocycles. The maximum Gasteiger partial charge on any atom is 0.262 e. The van der Waals surface area contributed by atoms with Crippen LogP contribution < -0.4 is 10.1 Å². The smallest absolute Gasteiger partial charge is 0.262 e. The van der Waals surface area contributed by atoms with E-state index in [1.807, 2.05) is 12.1 Å². The number of amides is 1. The Balaban J connectivity index is 1.90. The summed E-state index contributed by atoms with van der Waals surface area (Å²) in [7, 11) is 0. The highest BCUT2D eigenvalue weighted by molar-refractivity contribution is 5.91. The zero-order chi connectivity index (χ0) is 17.0. The lowest BCUT2D eigenvalue weighted by Crippen LogP contribution is -2.20. The third-order valence-corrected chi connectivity index (χ3v) is 3.29. The van der Waals surface area contributed by atoms with Crippen molar-refractivity contribution in [3.05, 3.63) is 59.7 Å². The topological polar surface area (TPSA) is 38.3 Å². The van der Waals surface area contributed by atoms with Crippen LogP contribution in [0, 0.1) is 11.6 Å². The number of hydrogen-bond acceptors (Lipinski definition) is 2. The normalized spacial score (nSPS) is 11.2. The van der Waals surface area contributed by atoms with E-state index >= 15 is 0 Å². The molecule has 0 aliphatic carbocycles. The van der Waals surface area contributed by atoms with Gasteiger partial charge in [0.15, 0.2) is 18.2 Å². The highest BCUT2D eigenvalue weighted by Gasteiger charge is 2.13. The lowest BCUT2D eigenvalue weighted by molar-refractivity contribution is -0.118. The number of hydrogen-bond donors (Lipinski definition) is 1. The number of rotatable bonds is 4. The van der Waals surface area contributed by atoms with E-state index in [-0.39, 0.29) is 17.7 Å². The van der Waals surface area contributed by atoms with Gasteiger partial charge in [-0.3, -0.25) is 4.79 Å². The number of halogens is 2. The molecule has 2 rings (SSSR count). The summed E-state index contributed by atoms with van der Waals surface area (Å²) in [5.41, 5.74) is 1.39. The molecule has 0 aliphatic heterocycles. The molecular weight excluding hydrogens is 300 g/mol. The predicted octanol–water partition coefficient (Wildman–Crippen LogP) is 4.28. The molecule has 0 fully saturated rings. The molecule has 0 bridgehead atoms. The quantitative estimate of drug-likeness (QED) is 0.913. The van der Waals surface area contributed by atoms with Crippen molar-refractivity contribution in [2.45, 2.75) is 26.2 Å². The Hall–Kier alpha value is -2.43. The first-order chi connectivity index (χ1) is 10.8. The van der Waals surface area contributed by atoms with Crippen LogP contribution in [0.15, 0.2) is 42.5 Å². The molecule has 0 saturated heterocycles. The fourth-order valence-electron chi connectivity index (χ4n) is 1.97. The lowest BCUT2D eigenvalue weighted by Gasteiger charge is -2.19. The van der Waals surface area contributed by atoms with Crippen molar-refractivity contribution in [1.82, 2.24) is 0 Å². The number of carbonyl (C=O) groups is 1. The van der Waals surface area contributed by atoms with E-state index in [2.05, 4.69) is 26.1 Å². The van der Waals surface area contributed by atoms with E-state index in [4.69, 9.17) is 4.74 Å². The van der Waals surface area contributed by atoms with E-state index in [1.165, 1.54) is 6.07 Å². The summed E-state index contributed by atoms with van der Waals surface area (Å²) >= 11 is 0. The van der Waals surface area contributed by atoms with Crippen LogP contribution in [0.25, 0.3) is 0 Å². The maximum absolute atomic E-state index is 13.1. The first-order valence-electron chi connectivity index (χ1n) is 7.24. The molecule has 5 heteroatoms. The molecule has 2 aromatic carbocycles. The molecule has 1 amide bonds. The molecule has 0 spiro atoms.